The highest BCUT2D eigenvalue weighted by Gasteiger charge is 2.04. The monoisotopic (exact) mass is 300 g/mol. The Balaban J connectivity index is 2.69. The fourth-order valence-electron chi connectivity index (χ4n) is 1.46. The lowest BCUT2D eigenvalue weighted by atomic mass is 10.2. The third kappa shape index (κ3) is 1.50. The summed E-state index contributed by atoms with van der Waals surface area (Å²) in [5, 5.41) is 1.08. The molecule has 3 nitrogen and oxygen atoms in total. The quantitative estimate of drug-likeness (QED) is 0.649. The van der Waals surface area contributed by atoms with Crippen LogP contribution in [0.2, 0.25) is 0 Å². The number of benzene rings is 1. The van der Waals surface area contributed by atoms with E-state index in [0.29, 0.717) is 0 Å². The van der Waals surface area contributed by atoms with E-state index in [1.54, 1.807) is 17.7 Å². The van der Waals surface area contributed by atoms with Crippen molar-refractivity contribution in [2.75, 3.05) is 3.53 Å². The van der Waals surface area contributed by atoms with Crippen LogP contribution >= 0.6 is 22.9 Å². The summed E-state index contributed by atoms with van der Waals surface area (Å²) in [7, 11) is 0. The van der Waals surface area contributed by atoms with Gasteiger partial charge in [0, 0.05) is 24.2 Å². The molecule has 0 unspecified atom stereocenters. The highest BCUT2D eigenvalue weighted by Crippen LogP contribution is 2.21. The van der Waals surface area contributed by atoms with Crippen LogP contribution in [0.25, 0.3) is 10.9 Å². The Kier molecular flexibility index (Phi) is 2.45. The topological polar surface area (TPSA) is 34.0 Å². The predicted molar refractivity (Wildman–Crippen MR) is 65.9 cm³/mol. The van der Waals surface area contributed by atoms with Gasteiger partial charge in [-0.2, -0.15) is 0 Å². The number of aromatic nitrogens is 1. The van der Waals surface area contributed by atoms with Gasteiger partial charge < -0.3 is 3.53 Å². The molecule has 0 atom stereocenters. The third-order valence-corrected chi connectivity index (χ3v) is 2.76. The number of rotatable bonds is 1. The molecule has 0 aliphatic rings. The Morgan fingerprint density at radius 2 is 2.21 bits per heavy atom. The molecule has 0 spiro atoms. The second-order valence-corrected chi connectivity index (χ2v) is 3.61. The number of hydrogen-bond acceptors (Lipinski definition) is 2. The second-order valence-electron chi connectivity index (χ2n) is 3.07. The standard InChI is InChI=1S/C10H9IN2O/c1-7(14)13-5-4-8-2-3-9(12-11)6-10(8)13/h2-6,12H,1H3. The third-order valence-electron chi connectivity index (χ3n) is 2.14. The van der Waals surface area contributed by atoms with Crippen LogP contribution in [-0.4, -0.2) is 10.5 Å². The van der Waals surface area contributed by atoms with Crippen molar-refractivity contribution in [2.45, 2.75) is 6.92 Å². The Morgan fingerprint density at radius 3 is 2.86 bits per heavy atom. The van der Waals surface area contributed by atoms with Gasteiger partial charge in [0.05, 0.1) is 28.4 Å². The molecule has 0 radical (unpaired) electrons. The molecule has 0 saturated carbocycles. The first kappa shape index (κ1) is 9.51. The van der Waals surface area contributed by atoms with Crippen LogP contribution in [-0.2, 0) is 0 Å². The van der Waals surface area contributed by atoms with Crippen LogP contribution in [0.3, 0.4) is 0 Å². The first-order valence-electron chi connectivity index (χ1n) is 4.21. The van der Waals surface area contributed by atoms with Gasteiger partial charge in [-0.15, -0.1) is 0 Å². The summed E-state index contributed by atoms with van der Waals surface area (Å²) in [6.45, 7) is 1.56. The van der Waals surface area contributed by atoms with E-state index in [2.05, 4.69) is 26.4 Å². The van der Waals surface area contributed by atoms with E-state index in [1.807, 2.05) is 24.3 Å². The summed E-state index contributed by atoms with van der Waals surface area (Å²) >= 11 is 2.07. The molecule has 0 aliphatic heterocycles. The van der Waals surface area contributed by atoms with Crippen molar-refractivity contribution in [3.8, 4) is 0 Å². The highest BCUT2D eigenvalue weighted by atomic mass is 127. The zero-order chi connectivity index (χ0) is 10.1. The lowest BCUT2D eigenvalue weighted by Gasteiger charge is -2.01. The van der Waals surface area contributed by atoms with E-state index in [4.69, 9.17) is 0 Å². The van der Waals surface area contributed by atoms with E-state index in [1.165, 1.54) is 0 Å². The summed E-state index contributed by atoms with van der Waals surface area (Å²) in [4.78, 5) is 11.3. The van der Waals surface area contributed by atoms with Gasteiger partial charge in [0.1, 0.15) is 0 Å². The number of hydrogen-bond donors (Lipinski definition) is 1. The molecule has 0 amide bonds. The largest absolute Gasteiger partial charge is 0.328 e. The number of nitrogens with zero attached hydrogens (tertiary/aromatic N) is 1. The molecule has 4 heteroatoms. The minimum Gasteiger partial charge on any atom is -0.328 e. The predicted octanol–water partition coefficient (Wildman–Crippen LogP) is 3.06. The zero-order valence-electron chi connectivity index (χ0n) is 7.62. The van der Waals surface area contributed by atoms with Crippen molar-refractivity contribution in [1.82, 2.24) is 4.57 Å². The maximum absolute atomic E-state index is 11.3. The molecular formula is C10H9IN2O. The smallest absolute Gasteiger partial charge is 0.227 e. The average molecular weight is 300 g/mol. The van der Waals surface area contributed by atoms with E-state index >= 15 is 0 Å². The minimum absolute atomic E-state index is 0.0330. The van der Waals surface area contributed by atoms with Crippen LogP contribution in [0.15, 0.2) is 30.5 Å². The second kappa shape index (κ2) is 3.61. The molecule has 1 aromatic heterocycles. The van der Waals surface area contributed by atoms with E-state index < -0.39 is 0 Å². The molecular weight excluding hydrogens is 291 g/mol. The van der Waals surface area contributed by atoms with Crippen molar-refractivity contribution in [3.05, 3.63) is 30.5 Å². The lowest BCUT2D eigenvalue weighted by molar-refractivity contribution is 0.0941. The van der Waals surface area contributed by atoms with Crippen LogP contribution in [0, 0.1) is 0 Å². The van der Waals surface area contributed by atoms with Gasteiger partial charge in [-0.25, -0.2) is 0 Å². The molecule has 2 rings (SSSR count). The highest BCUT2D eigenvalue weighted by molar-refractivity contribution is 14.1. The molecule has 2 aromatic rings. The number of anilines is 1. The average Bonchev–Trinajstić information content (AvgIpc) is 2.59. The summed E-state index contributed by atoms with van der Waals surface area (Å²) in [5.41, 5.74) is 1.94. The Morgan fingerprint density at radius 1 is 1.43 bits per heavy atom. The summed E-state index contributed by atoms with van der Waals surface area (Å²) in [6, 6.07) is 7.88. The van der Waals surface area contributed by atoms with Crippen molar-refractivity contribution < 1.29 is 4.79 Å². The van der Waals surface area contributed by atoms with Gasteiger partial charge >= 0.3 is 0 Å². The maximum atomic E-state index is 11.3. The fraction of sp³-hybridized carbons (Fsp3) is 0.100. The number of halogens is 1. The Hall–Kier alpha value is -1.04. The van der Waals surface area contributed by atoms with Crippen LogP contribution in [0.4, 0.5) is 5.69 Å². The summed E-state index contributed by atoms with van der Waals surface area (Å²) in [5.74, 6) is 0.0330. The zero-order valence-corrected chi connectivity index (χ0v) is 9.78. The molecule has 0 fully saturated rings. The normalized spacial score (nSPS) is 10.4. The molecule has 1 N–H and O–H groups in total. The van der Waals surface area contributed by atoms with E-state index in [9.17, 15) is 4.79 Å². The van der Waals surface area contributed by atoms with Gasteiger partial charge in [0.15, 0.2) is 0 Å². The van der Waals surface area contributed by atoms with Crippen LogP contribution < -0.4 is 3.53 Å². The molecule has 0 bridgehead atoms. The molecule has 1 aromatic carbocycles. The Labute approximate surface area is 95.6 Å². The molecule has 14 heavy (non-hydrogen) atoms. The van der Waals surface area contributed by atoms with Crippen LogP contribution in [0.5, 0.6) is 0 Å². The lowest BCUT2D eigenvalue weighted by Crippen LogP contribution is -2.02. The molecule has 1 heterocycles. The first-order valence-corrected chi connectivity index (χ1v) is 5.29. The van der Waals surface area contributed by atoms with Gasteiger partial charge in [0.2, 0.25) is 5.91 Å². The number of nitrogens with one attached hydrogen (secondary N) is 1. The summed E-state index contributed by atoms with van der Waals surface area (Å²) < 4.78 is 4.67. The maximum Gasteiger partial charge on any atom is 0.227 e. The van der Waals surface area contributed by atoms with Crippen molar-refractivity contribution in [2.24, 2.45) is 0 Å². The van der Waals surface area contributed by atoms with Gasteiger partial charge in [-0.1, -0.05) is 6.07 Å². The summed E-state index contributed by atoms with van der Waals surface area (Å²) in [6.07, 6.45) is 1.80. The fourth-order valence-corrected chi connectivity index (χ4v) is 1.80. The Bertz CT molecular complexity index is 490. The van der Waals surface area contributed by atoms with Gasteiger partial charge in [-0.05, 0) is 18.2 Å². The molecule has 0 aliphatic carbocycles. The van der Waals surface area contributed by atoms with Gasteiger partial charge in [-0.3, -0.25) is 9.36 Å². The first-order chi connectivity index (χ1) is 6.72. The number of carbonyl (C=O) groups is 1. The molecule has 0 saturated heterocycles. The van der Waals surface area contributed by atoms with E-state index in [0.717, 1.165) is 16.6 Å². The number of carbonyl (C=O) groups excluding carboxylic acids is 1. The van der Waals surface area contributed by atoms with Crippen molar-refractivity contribution in [1.29, 1.82) is 0 Å². The molecule has 72 valence electrons. The van der Waals surface area contributed by atoms with E-state index in [-0.39, 0.29) is 5.91 Å². The van der Waals surface area contributed by atoms with Crippen molar-refractivity contribution in [3.63, 3.8) is 0 Å². The minimum atomic E-state index is 0.0330. The number of fused-ring (bicyclic) bond motifs is 1. The van der Waals surface area contributed by atoms with Crippen molar-refractivity contribution >= 4 is 45.4 Å². The van der Waals surface area contributed by atoms with Crippen LogP contribution in [0.1, 0.15) is 11.7 Å². The SMILES string of the molecule is CC(=O)n1ccc2ccc(NI)cc21. The van der Waals surface area contributed by atoms with Gasteiger partial charge in [0.25, 0.3) is 0 Å².